The Hall–Kier alpha value is -2.47. The van der Waals surface area contributed by atoms with E-state index in [0.29, 0.717) is 19.7 Å². The minimum absolute atomic E-state index is 0.216. The van der Waals surface area contributed by atoms with Crippen LogP contribution >= 0.6 is 0 Å². The molecule has 0 saturated carbocycles. The second-order valence-electron chi connectivity index (χ2n) is 6.71. The van der Waals surface area contributed by atoms with E-state index < -0.39 is 0 Å². The molecule has 0 saturated heterocycles. The molecule has 2 aromatic rings. The SMILES string of the molecule is COCCn1nc(C(=O)NCC(C)(C)c2cccc(C)c2)ccc1=O. The molecule has 0 bridgehead atoms. The van der Waals surface area contributed by atoms with E-state index in [1.807, 2.05) is 19.1 Å². The van der Waals surface area contributed by atoms with E-state index in [0.717, 1.165) is 5.56 Å². The minimum atomic E-state index is -0.299. The maximum atomic E-state index is 12.4. The van der Waals surface area contributed by atoms with Gasteiger partial charge in [0.1, 0.15) is 5.69 Å². The van der Waals surface area contributed by atoms with Crippen LogP contribution in [0.1, 0.15) is 35.5 Å². The fourth-order valence-electron chi connectivity index (χ4n) is 2.47. The smallest absolute Gasteiger partial charge is 0.271 e. The van der Waals surface area contributed by atoms with Crippen LogP contribution in [0.2, 0.25) is 0 Å². The van der Waals surface area contributed by atoms with Crippen molar-refractivity contribution in [2.75, 3.05) is 20.3 Å². The monoisotopic (exact) mass is 343 g/mol. The normalized spacial score (nSPS) is 11.4. The molecule has 134 valence electrons. The Morgan fingerprint density at radius 3 is 2.72 bits per heavy atom. The second-order valence-corrected chi connectivity index (χ2v) is 6.71. The van der Waals surface area contributed by atoms with Crippen LogP contribution in [-0.4, -0.2) is 35.9 Å². The molecule has 0 aliphatic rings. The highest BCUT2D eigenvalue weighted by Gasteiger charge is 2.22. The Morgan fingerprint density at radius 1 is 1.28 bits per heavy atom. The van der Waals surface area contributed by atoms with Gasteiger partial charge in [-0.3, -0.25) is 9.59 Å². The van der Waals surface area contributed by atoms with Crippen LogP contribution < -0.4 is 10.9 Å². The summed E-state index contributed by atoms with van der Waals surface area (Å²) in [6.45, 7) is 7.34. The predicted octanol–water partition coefficient (Wildman–Crippen LogP) is 1.91. The number of benzene rings is 1. The van der Waals surface area contributed by atoms with Gasteiger partial charge in [0.15, 0.2) is 0 Å². The number of carbonyl (C=O) groups excluding carboxylic acids is 1. The van der Waals surface area contributed by atoms with E-state index in [4.69, 9.17) is 4.74 Å². The highest BCUT2D eigenvalue weighted by molar-refractivity contribution is 5.92. The first-order valence-electron chi connectivity index (χ1n) is 8.26. The summed E-state index contributed by atoms with van der Waals surface area (Å²) >= 11 is 0. The molecule has 0 atom stereocenters. The van der Waals surface area contributed by atoms with Gasteiger partial charge in [-0.05, 0) is 18.6 Å². The van der Waals surface area contributed by atoms with Crippen molar-refractivity contribution in [1.29, 1.82) is 0 Å². The van der Waals surface area contributed by atoms with Crippen molar-refractivity contribution in [3.05, 3.63) is 63.6 Å². The number of nitrogens with one attached hydrogen (secondary N) is 1. The van der Waals surface area contributed by atoms with Crippen molar-refractivity contribution in [2.45, 2.75) is 32.7 Å². The van der Waals surface area contributed by atoms with Crippen molar-refractivity contribution < 1.29 is 9.53 Å². The Kier molecular flexibility index (Phi) is 6.09. The molecule has 1 aromatic heterocycles. The molecule has 1 N–H and O–H groups in total. The van der Waals surface area contributed by atoms with E-state index in [1.54, 1.807) is 7.11 Å². The third-order valence-corrected chi connectivity index (χ3v) is 4.10. The standard InChI is InChI=1S/C19H25N3O3/c1-14-6-5-7-15(12-14)19(2,3)13-20-18(24)16-8-9-17(23)22(21-16)10-11-25-4/h5-9,12H,10-11,13H2,1-4H3,(H,20,24). The van der Waals surface area contributed by atoms with Gasteiger partial charge in [-0.2, -0.15) is 5.10 Å². The van der Waals surface area contributed by atoms with Crippen molar-refractivity contribution in [3.63, 3.8) is 0 Å². The van der Waals surface area contributed by atoms with Gasteiger partial charge in [-0.15, -0.1) is 0 Å². The van der Waals surface area contributed by atoms with Gasteiger partial charge in [0.2, 0.25) is 0 Å². The van der Waals surface area contributed by atoms with E-state index >= 15 is 0 Å². The largest absolute Gasteiger partial charge is 0.383 e. The van der Waals surface area contributed by atoms with Gasteiger partial charge >= 0.3 is 0 Å². The van der Waals surface area contributed by atoms with Gasteiger partial charge in [-0.25, -0.2) is 4.68 Å². The molecule has 0 radical (unpaired) electrons. The third-order valence-electron chi connectivity index (χ3n) is 4.10. The Morgan fingerprint density at radius 2 is 2.04 bits per heavy atom. The Balaban J connectivity index is 2.08. The number of amides is 1. The van der Waals surface area contributed by atoms with Crippen LogP contribution in [0.25, 0.3) is 0 Å². The van der Waals surface area contributed by atoms with Gasteiger partial charge in [-0.1, -0.05) is 43.7 Å². The number of rotatable bonds is 7. The Bertz CT molecular complexity index is 796. The van der Waals surface area contributed by atoms with E-state index in [9.17, 15) is 9.59 Å². The summed E-state index contributed by atoms with van der Waals surface area (Å²) in [5.41, 5.74) is 2.09. The fraction of sp³-hybridized carbons (Fsp3) is 0.421. The topological polar surface area (TPSA) is 73.2 Å². The van der Waals surface area contributed by atoms with E-state index in [1.165, 1.54) is 22.4 Å². The minimum Gasteiger partial charge on any atom is -0.383 e. The zero-order valence-electron chi connectivity index (χ0n) is 15.2. The van der Waals surface area contributed by atoms with Crippen LogP contribution in [0.15, 0.2) is 41.2 Å². The molecule has 0 unspecified atom stereocenters. The quantitative estimate of drug-likeness (QED) is 0.833. The summed E-state index contributed by atoms with van der Waals surface area (Å²) in [4.78, 5) is 24.2. The zero-order valence-corrected chi connectivity index (χ0v) is 15.2. The average Bonchev–Trinajstić information content (AvgIpc) is 2.59. The first kappa shape index (κ1) is 18.9. The first-order chi connectivity index (χ1) is 11.8. The molecule has 2 rings (SSSR count). The molecule has 0 aliphatic carbocycles. The summed E-state index contributed by atoms with van der Waals surface area (Å²) in [6, 6.07) is 11.0. The molecule has 6 nitrogen and oxygen atoms in total. The number of methoxy groups -OCH3 is 1. The number of ether oxygens (including phenoxy) is 1. The predicted molar refractivity (Wildman–Crippen MR) is 96.9 cm³/mol. The maximum Gasteiger partial charge on any atom is 0.271 e. The lowest BCUT2D eigenvalue weighted by molar-refractivity contribution is 0.0937. The van der Waals surface area contributed by atoms with Crippen molar-refractivity contribution in [3.8, 4) is 0 Å². The summed E-state index contributed by atoms with van der Waals surface area (Å²) in [6.07, 6.45) is 0. The molecule has 1 heterocycles. The fourth-order valence-corrected chi connectivity index (χ4v) is 2.47. The van der Waals surface area contributed by atoms with Gasteiger partial charge < -0.3 is 10.1 Å². The van der Waals surface area contributed by atoms with E-state index in [2.05, 4.69) is 36.4 Å². The van der Waals surface area contributed by atoms with Gasteiger partial charge in [0, 0.05) is 25.1 Å². The van der Waals surface area contributed by atoms with Crippen LogP contribution in [0.3, 0.4) is 0 Å². The van der Waals surface area contributed by atoms with Crippen LogP contribution in [0.4, 0.5) is 0 Å². The molecule has 1 aromatic carbocycles. The first-order valence-corrected chi connectivity index (χ1v) is 8.26. The summed E-state index contributed by atoms with van der Waals surface area (Å²) in [5, 5.41) is 7.02. The average molecular weight is 343 g/mol. The molecule has 0 fully saturated rings. The molecular weight excluding hydrogens is 318 g/mol. The lowest BCUT2D eigenvalue weighted by atomic mass is 9.84. The van der Waals surface area contributed by atoms with Crippen LogP contribution in [0, 0.1) is 6.92 Å². The molecule has 1 amide bonds. The highest BCUT2D eigenvalue weighted by atomic mass is 16.5. The maximum absolute atomic E-state index is 12.4. The van der Waals surface area contributed by atoms with E-state index in [-0.39, 0.29) is 22.6 Å². The van der Waals surface area contributed by atoms with Crippen LogP contribution in [0.5, 0.6) is 0 Å². The van der Waals surface area contributed by atoms with Crippen molar-refractivity contribution in [2.24, 2.45) is 0 Å². The zero-order chi connectivity index (χ0) is 18.4. The summed E-state index contributed by atoms with van der Waals surface area (Å²) in [7, 11) is 1.55. The molecule has 0 aliphatic heterocycles. The number of nitrogens with zero attached hydrogens (tertiary/aromatic N) is 2. The van der Waals surface area contributed by atoms with Crippen LogP contribution in [-0.2, 0) is 16.7 Å². The second kappa shape index (κ2) is 8.07. The molecule has 0 spiro atoms. The number of aryl methyl sites for hydroxylation is 1. The lowest BCUT2D eigenvalue weighted by Crippen LogP contribution is -2.38. The highest BCUT2D eigenvalue weighted by Crippen LogP contribution is 2.23. The van der Waals surface area contributed by atoms with Gasteiger partial charge in [0.05, 0.1) is 13.2 Å². The lowest BCUT2D eigenvalue weighted by Gasteiger charge is -2.26. The van der Waals surface area contributed by atoms with Crippen molar-refractivity contribution in [1.82, 2.24) is 15.1 Å². The molecule has 25 heavy (non-hydrogen) atoms. The number of hydrogen-bond donors (Lipinski definition) is 1. The Labute approximate surface area is 147 Å². The third kappa shape index (κ3) is 5.00. The molecule has 6 heteroatoms. The number of hydrogen-bond acceptors (Lipinski definition) is 4. The number of carbonyl (C=O) groups is 1. The summed E-state index contributed by atoms with van der Waals surface area (Å²) in [5.74, 6) is -0.299. The van der Waals surface area contributed by atoms with Gasteiger partial charge in [0.25, 0.3) is 11.5 Å². The van der Waals surface area contributed by atoms with Crippen molar-refractivity contribution >= 4 is 5.91 Å². The number of aromatic nitrogens is 2. The summed E-state index contributed by atoms with van der Waals surface area (Å²) < 4.78 is 6.19. The molecular formula is C19H25N3O3.